The van der Waals surface area contributed by atoms with Crippen molar-refractivity contribution in [2.45, 2.75) is 23.2 Å². The minimum absolute atomic E-state index is 0.159. The Labute approximate surface area is 146 Å². The predicted molar refractivity (Wildman–Crippen MR) is 93.4 cm³/mol. The maximum Gasteiger partial charge on any atom is 0.446 e. The zero-order chi connectivity index (χ0) is 17.9. The number of halogens is 4. The van der Waals surface area contributed by atoms with Crippen LogP contribution in [0.3, 0.4) is 0 Å². The number of H-pyrrole nitrogens is 1. The molecule has 3 aromatic rings. The Balaban J connectivity index is 1.51. The molecule has 0 spiro atoms. The Morgan fingerprint density at radius 2 is 1.84 bits per heavy atom. The molecule has 0 aliphatic carbocycles. The van der Waals surface area contributed by atoms with Gasteiger partial charge in [-0.25, -0.2) is 4.39 Å². The predicted octanol–water partition coefficient (Wildman–Crippen LogP) is 5.96. The van der Waals surface area contributed by atoms with Gasteiger partial charge in [-0.3, -0.25) is 0 Å². The van der Waals surface area contributed by atoms with Gasteiger partial charge in [0, 0.05) is 22.7 Å². The Bertz CT molecular complexity index is 825. The van der Waals surface area contributed by atoms with Crippen molar-refractivity contribution in [3.63, 3.8) is 0 Å². The van der Waals surface area contributed by atoms with Crippen LogP contribution in [0.25, 0.3) is 10.9 Å². The number of thioether (sulfide) groups is 1. The van der Waals surface area contributed by atoms with E-state index in [-0.39, 0.29) is 22.3 Å². The van der Waals surface area contributed by atoms with Crippen molar-refractivity contribution in [1.29, 1.82) is 0 Å². The van der Waals surface area contributed by atoms with Gasteiger partial charge in [0.15, 0.2) is 0 Å². The van der Waals surface area contributed by atoms with Gasteiger partial charge in [0.1, 0.15) is 5.82 Å². The van der Waals surface area contributed by atoms with Crippen molar-refractivity contribution in [1.82, 2.24) is 4.98 Å². The van der Waals surface area contributed by atoms with Crippen molar-refractivity contribution < 1.29 is 17.6 Å². The number of alkyl halides is 3. The fraction of sp³-hybridized carbons (Fsp3) is 0.222. The third kappa shape index (κ3) is 4.92. The van der Waals surface area contributed by atoms with E-state index in [9.17, 15) is 17.6 Å². The molecule has 3 rings (SSSR count). The molecule has 0 radical (unpaired) electrons. The van der Waals surface area contributed by atoms with Crippen LogP contribution in [0.4, 0.5) is 23.2 Å². The van der Waals surface area contributed by atoms with E-state index in [4.69, 9.17) is 0 Å². The molecular formula is C18H16F4N2S. The van der Waals surface area contributed by atoms with E-state index in [0.717, 1.165) is 35.5 Å². The third-order valence-electron chi connectivity index (χ3n) is 3.70. The number of nitrogens with one attached hydrogen (secondary N) is 2. The number of fused-ring (bicyclic) bond motifs is 1. The number of rotatable bonds is 6. The number of anilines is 1. The lowest BCUT2D eigenvalue weighted by atomic mass is 10.2. The highest BCUT2D eigenvalue weighted by molar-refractivity contribution is 8.00. The molecule has 0 saturated heterocycles. The molecular weight excluding hydrogens is 352 g/mol. The van der Waals surface area contributed by atoms with Crippen LogP contribution in [-0.2, 0) is 6.42 Å². The molecule has 132 valence electrons. The maximum atomic E-state index is 13.9. The molecule has 2 aromatic carbocycles. The third-order valence-corrected chi connectivity index (χ3v) is 4.42. The number of aromatic amines is 1. The van der Waals surface area contributed by atoms with Crippen molar-refractivity contribution >= 4 is 28.4 Å². The van der Waals surface area contributed by atoms with Crippen molar-refractivity contribution in [2.24, 2.45) is 0 Å². The molecule has 0 aliphatic heterocycles. The molecule has 0 fully saturated rings. The zero-order valence-corrected chi connectivity index (χ0v) is 14.0. The molecule has 2 N–H and O–H groups in total. The summed E-state index contributed by atoms with van der Waals surface area (Å²) in [5, 5.41) is 4.08. The second kappa shape index (κ2) is 7.39. The zero-order valence-electron chi connectivity index (χ0n) is 13.2. The van der Waals surface area contributed by atoms with E-state index in [1.165, 1.54) is 12.1 Å². The van der Waals surface area contributed by atoms with Gasteiger partial charge in [0.25, 0.3) is 0 Å². The summed E-state index contributed by atoms with van der Waals surface area (Å²) in [5.41, 5.74) is -2.03. The standard InChI is InChI=1S/C18H16F4N2S/c19-15-11-14(25-18(20,21)22)7-8-17(15)23-9-3-5-13-10-12-4-1-2-6-16(12)24-13/h1-2,4,6-8,10-11,23-24H,3,5,9H2. The van der Waals surface area contributed by atoms with Gasteiger partial charge in [-0.1, -0.05) is 18.2 Å². The fourth-order valence-electron chi connectivity index (χ4n) is 2.61. The minimum atomic E-state index is -4.42. The number of aryl methyl sites for hydroxylation is 1. The molecule has 1 aromatic heterocycles. The summed E-state index contributed by atoms with van der Waals surface area (Å²) in [5.74, 6) is -0.681. The smallest absolute Gasteiger partial charge is 0.383 e. The molecule has 0 atom stereocenters. The van der Waals surface area contributed by atoms with E-state index in [0.29, 0.717) is 6.54 Å². The van der Waals surface area contributed by atoms with Crippen LogP contribution in [0.1, 0.15) is 12.1 Å². The summed E-state index contributed by atoms with van der Waals surface area (Å²) in [6.45, 7) is 0.526. The molecule has 0 amide bonds. The van der Waals surface area contributed by atoms with Crippen molar-refractivity contribution in [2.75, 3.05) is 11.9 Å². The van der Waals surface area contributed by atoms with Gasteiger partial charge in [-0.2, -0.15) is 13.2 Å². The van der Waals surface area contributed by atoms with Crippen LogP contribution in [0.5, 0.6) is 0 Å². The van der Waals surface area contributed by atoms with Crippen LogP contribution in [0, 0.1) is 5.82 Å². The highest BCUT2D eigenvalue weighted by Crippen LogP contribution is 2.37. The normalized spacial score (nSPS) is 11.8. The average molecular weight is 368 g/mol. The molecule has 0 saturated carbocycles. The molecule has 7 heteroatoms. The number of hydrogen-bond acceptors (Lipinski definition) is 2. The SMILES string of the molecule is Fc1cc(SC(F)(F)F)ccc1NCCCc1cc2ccccc2[nH]1. The maximum absolute atomic E-state index is 13.9. The summed E-state index contributed by atoms with van der Waals surface area (Å²) in [6, 6.07) is 13.6. The van der Waals surface area contributed by atoms with Crippen molar-refractivity contribution in [3.05, 3.63) is 60.0 Å². The van der Waals surface area contributed by atoms with Crippen LogP contribution in [0.2, 0.25) is 0 Å². The first kappa shape index (κ1) is 17.7. The Hall–Kier alpha value is -2.15. The van der Waals surface area contributed by atoms with Gasteiger partial charge in [0.2, 0.25) is 0 Å². The second-order valence-electron chi connectivity index (χ2n) is 5.60. The second-order valence-corrected chi connectivity index (χ2v) is 6.74. The first-order valence-electron chi connectivity index (χ1n) is 7.76. The first-order valence-corrected chi connectivity index (χ1v) is 8.58. The van der Waals surface area contributed by atoms with Crippen LogP contribution < -0.4 is 5.32 Å². The van der Waals surface area contributed by atoms with Gasteiger partial charge in [0.05, 0.1) is 5.69 Å². The molecule has 0 bridgehead atoms. The van der Waals surface area contributed by atoms with Crippen LogP contribution in [-0.4, -0.2) is 17.0 Å². The van der Waals surface area contributed by atoms with Crippen LogP contribution >= 0.6 is 11.8 Å². The Kier molecular flexibility index (Phi) is 5.22. The number of hydrogen-bond donors (Lipinski definition) is 2. The van der Waals surface area contributed by atoms with Gasteiger partial charge < -0.3 is 10.3 Å². The largest absolute Gasteiger partial charge is 0.446 e. The highest BCUT2D eigenvalue weighted by atomic mass is 32.2. The lowest BCUT2D eigenvalue weighted by molar-refractivity contribution is -0.0328. The summed E-state index contributed by atoms with van der Waals surface area (Å²) in [4.78, 5) is 3.16. The summed E-state index contributed by atoms with van der Waals surface area (Å²) in [6.07, 6.45) is 1.57. The fourth-order valence-corrected chi connectivity index (χ4v) is 3.17. The molecule has 0 unspecified atom stereocenters. The van der Waals surface area contributed by atoms with E-state index in [1.807, 2.05) is 24.3 Å². The topological polar surface area (TPSA) is 27.8 Å². The first-order chi connectivity index (χ1) is 11.9. The average Bonchev–Trinajstić information content (AvgIpc) is 2.94. The van der Waals surface area contributed by atoms with E-state index >= 15 is 0 Å². The molecule has 25 heavy (non-hydrogen) atoms. The Morgan fingerprint density at radius 3 is 2.56 bits per heavy atom. The minimum Gasteiger partial charge on any atom is -0.383 e. The lowest BCUT2D eigenvalue weighted by Crippen LogP contribution is -2.05. The lowest BCUT2D eigenvalue weighted by Gasteiger charge is -2.10. The number of aromatic nitrogens is 1. The molecule has 0 aliphatic rings. The summed E-state index contributed by atoms with van der Waals surface area (Å²) < 4.78 is 50.7. The van der Waals surface area contributed by atoms with Gasteiger partial charge >= 0.3 is 5.51 Å². The quantitative estimate of drug-likeness (QED) is 0.319. The summed E-state index contributed by atoms with van der Waals surface area (Å²) in [7, 11) is 0. The summed E-state index contributed by atoms with van der Waals surface area (Å²) >= 11 is -0.321. The van der Waals surface area contributed by atoms with E-state index in [2.05, 4.69) is 16.4 Å². The van der Waals surface area contributed by atoms with Gasteiger partial charge in [-0.05, 0) is 60.3 Å². The van der Waals surface area contributed by atoms with Crippen LogP contribution in [0.15, 0.2) is 53.4 Å². The Morgan fingerprint density at radius 1 is 1.04 bits per heavy atom. The number of para-hydroxylation sites is 1. The molecule has 1 heterocycles. The van der Waals surface area contributed by atoms with E-state index in [1.54, 1.807) is 0 Å². The molecule has 2 nitrogen and oxygen atoms in total. The monoisotopic (exact) mass is 368 g/mol. The van der Waals surface area contributed by atoms with Crippen molar-refractivity contribution in [3.8, 4) is 0 Å². The van der Waals surface area contributed by atoms with E-state index < -0.39 is 11.3 Å². The highest BCUT2D eigenvalue weighted by Gasteiger charge is 2.29. The van der Waals surface area contributed by atoms with Gasteiger partial charge in [-0.15, -0.1) is 0 Å². The number of benzene rings is 2.